The summed E-state index contributed by atoms with van der Waals surface area (Å²) in [6.07, 6.45) is 2.91. The maximum absolute atomic E-state index is 11.5. The van der Waals surface area contributed by atoms with Crippen LogP contribution in [0.1, 0.15) is 19.3 Å². The Hall–Kier alpha value is -1.75. The first-order valence-corrected chi connectivity index (χ1v) is 7.07. The van der Waals surface area contributed by atoms with Crippen molar-refractivity contribution in [1.82, 2.24) is 5.32 Å². The second kappa shape index (κ2) is 7.75. The van der Waals surface area contributed by atoms with Gasteiger partial charge < -0.3 is 20.5 Å². The molecule has 0 unspecified atom stereocenters. The minimum Gasteiger partial charge on any atom is -0.493 e. The van der Waals surface area contributed by atoms with E-state index in [4.69, 9.17) is 15.2 Å². The summed E-state index contributed by atoms with van der Waals surface area (Å²) in [6.45, 7) is 2.34. The Morgan fingerprint density at radius 2 is 2.00 bits per heavy atom. The van der Waals surface area contributed by atoms with Gasteiger partial charge in [-0.3, -0.25) is 4.79 Å². The summed E-state index contributed by atoms with van der Waals surface area (Å²) in [6, 6.07) is 7.12. The summed E-state index contributed by atoms with van der Waals surface area (Å²) < 4.78 is 10.9. The largest absolute Gasteiger partial charge is 0.493 e. The Kier molecular flexibility index (Phi) is 5.68. The van der Waals surface area contributed by atoms with Gasteiger partial charge in [-0.2, -0.15) is 0 Å². The van der Waals surface area contributed by atoms with E-state index in [9.17, 15) is 4.79 Å². The average Bonchev–Trinajstić information content (AvgIpc) is 3.25. The number of carbonyl (C=O) groups excluding carboxylic acids is 1. The molecule has 5 heteroatoms. The van der Waals surface area contributed by atoms with E-state index in [0.29, 0.717) is 31.9 Å². The molecule has 110 valence electrons. The summed E-state index contributed by atoms with van der Waals surface area (Å²) in [5.74, 6) is 1.47. The Morgan fingerprint density at radius 3 is 2.70 bits per heavy atom. The minimum atomic E-state index is -0.0181. The van der Waals surface area contributed by atoms with Gasteiger partial charge in [-0.05, 0) is 43.0 Å². The monoisotopic (exact) mass is 278 g/mol. The quantitative estimate of drug-likeness (QED) is 0.531. The van der Waals surface area contributed by atoms with E-state index in [1.165, 1.54) is 12.8 Å². The molecule has 0 radical (unpaired) electrons. The van der Waals surface area contributed by atoms with Crippen molar-refractivity contribution in [2.24, 2.45) is 5.92 Å². The molecule has 1 aliphatic carbocycles. The predicted molar refractivity (Wildman–Crippen MR) is 77.5 cm³/mol. The zero-order chi connectivity index (χ0) is 14.2. The fourth-order valence-electron chi connectivity index (χ4n) is 1.71. The summed E-state index contributed by atoms with van der Waals surface area (Å²) in [5.41, 5.74) is 6.27. The number of anilines is 1. The SMILES string of the molecule is Nc1ccc(OCCC(=O)NCCOCC2CC2)cc1. The number of benzene rings is 1. The zero-order valence-electron chi connectivity index (χ0n) is 11.6. The number of hydrogen-bond acceptors (Lipinski definition) is 4. The van der Waals surface area contributed by atoms with Crippen molar-refractivity contribution in [2.75, 3.05) is 32.1 Å². The third-order valence-electron chi connectivity index (χ3n) is 3.10. The molecule has 0 aliphatic heterocycles. The molecule has 1 amide bonds. The molecular formula is C15H22N2O3. The second-order valence-corrected chi connectivity index (χ2v) is 5.04. The van der Waals surface area contributed by atoms with Crippen molar-refractivity contribution in [3.8, 4) is 5.75 Å². The minimum absolute atomic E-state index is 0.0181. The van der Waals surface area contributed by atoms with Gasteiger partial charge in [0.25, 0.3) is 0 Å². The fourth-order valence-corrected chi connectivity index (χ4v) is 1.71. The number of hydrogen-bond donors (Lipinski definition) is 2. The summed E-state index contributed by atoms with van der Waals surface area (Å²) in [4.78, 5) is 11.5. The van der Waals surface area contributed by atoms with Crippen LogP contribution in [0.3, 0.4) is 0 Å². The van der Waals surface area contributed by atoms with Gasteiger partial charge in [0.15, 0.2) is 0 Å². The van der Waals surface area contributed by atoms with Crippen molar-refractivity contribution in [1.29, 1.82) is 0 Å². The molecule has 5 nitrogen and oxygen atoms in total. The van der Waals surface area contributed by atoms with Crippen LogP contribution in [0.5, 0.6) is 5.75 Å². The normalized spacial score (nSPS) is 14.0. The summed E-state index contributed by atoms with van der Waals surface area (Å²) >= 11 is 0. The molecule has 0 spiro atoms. The van der Waals surface area contributed by atoms with Crippen molar-refractivity contribution in [3.05, 3.63) is 24.3 Å². The average molecular weight is 278 g/mol. The molecule has 1 aromatic carbocycles. The molecule has 0 heterocycles. The van der Waals surface area contributed by atoms with E-state index < -0.39 is 0 Å². The van der Waals surface area contributed by atoms with Crippen molar-refractivity contribution in [3.63, 3.8) is 0 Å². The molecule has 20 heavy (non-hydrogen) atoms. The number of carbonyl (C=O) groups is 1. The predicted octanol–water partition coefficient (Wildman–Crippen LogP) is 1.58. The molecule has 2 rings (SSSR count). The number of ether oxygens (including phenoxy) is 2. The molecule has 3 N–H and O–H groups in total. The number of nitrogens with two attached hydrogens (primary N) is 1. The lowest BCUT2D eigenvalue weighted by Gasteiger charge is -2.08. The summed E-state index contributed by atoms with van der Waals surface area (Å²) in [5, 5.41) is 2.81. The van der Waals surface area contributed by atoms with Crippen LogP contribution in [0.2, 0.25) is 0 Å². The van der Waals surface area contributed by atoms with Gasteiger partial charge in [0.2, 0.25) is 5.91 Å². The standard InChI is InChI=1S/C15H22N2O3/c16-13-3-5-14(6-4-13)20-9-7-15(18)17-8-10-19-11-12-1-2-12/h3-6,12H,1-2,7-11,16H2,(H,17,18). The maximum Gasteiger partial charge on any atom is 0.223 e. The highest BCUT2D eigenvalue weighted by Crippen LogP contribution is 2.28. The Labute approximate surface area is 119 Å². The molecule has 1 aromatic rings. The first kappa shape index (κ1) is 14.7. The number of amides is 1. The van der Waals surface area contributed by atoms with E-state index in [0.717, 1.165) is 18.3 Å². The van der Waals surface area contributed by atoms with Crippen LogP contribution in [-0.4, -0.2) is 32.3 Å². The van der Waals surface area contributed by atoms with Gasteiger partial charge in [0, 0.05) is 18.8 Å². The van der Waals surface area contributed by atoms with Crippen LogP contribution in [0.25, 0.3) is 0 Å². The highest BCUT2D eigenvalue weighted by atomic mass is 16.5. The van der Waals surface area contributed by atoms with E-state index in [1.807, 2.05) is 0 Å². The van der Waals surface area contributed by atoms with Crippen LogP contribution in [0.15, 0.2) is 24.3 Å². The lowest BCUT2D eigenvalue weighted by atomic mass is 10.3. The van der Waals surface area contributed by atoms with Gasteiger partial charge in [-0.1, -0.05) is 0 Å². The highest BCUT2D eigenvalue weighted by molar-refractivity contribution is 5.75. The zero-order valence-corrected chi connectivity index (χ0v) is 11.6. The van der Waals surface area contributed by atoms with Crippen molar-refractivity contribution >= 4 is 11.6 Å². The van der Waals surface area contributed by atoms with E-state index >= 15 is 0 Å². The maximum atomic E-state index is 11.5. The van der Waals surface area contributed by atoms with Gasteiger partial charge in [0.1, 0.15) is 5.75 Å². The smallest absolute Gasteiger partial charge is 0.223 e. The molecule has 0 atom stereocenters. The number of rotatable bonds is 9. The van der Waals surface area contributed by atoms with E-state index in [-0.39, 0.29) is 5.91 Å². The van der Waals surface area contributed by atoms with E-state index in [2.05, 4.69) is 5.32 Å². The van der Waals surface area contributed by atoms with Gasteiger partial charge in [-0.15, -0.1) is 0 Å². The number of nitrogen functional groups attached to an aromatic ring is 1. The molecule has 0 bridgehead atoms. The fraction of sp³-hybridized carbons (Fsp3) is 0.533. The Bertz CT molecular complexity index is 416. The van der Waals surface area contributed by atoms with Gasteiger partial charge in [-0.25, -0.2) is 0 Å². The van der Waals surface area contributed by atoms with Crippen LogP contribution < -0.4 is 15.8 Å². The third kappa shape index (κ3) is 5.93. The lowest BCUT2D eigenvalue weighted by molar-refractivity contribution is -0.121. The Morgan fingerprint density at radius 1 is 1.25 bits per heavy atom. The van der Waals surface area contributed by atoms with Gasteiger partial charge >= 0.3 is 0 Å². The van der Waals surface area contributed by atoms with Crippen molar-refractivity contribution < 1.29 is 14.3 Å². The topological polar surface area (TPSA) is 73.6 Å². The molecule has 1 saturated carbocycles. The Balaban J connectivity index is 1.47. The lowest BCUT2D eigenvalue weighted by Crippen LogP contribution is -2.28. The third-order valence-corrected chi connectivity index (χ3v) is 3.10. The van der Waals surface area contributed by atoms with Gasteiger partial charge in [0.05, 0.1) is 19.6 Å². The van der Waals surface area contributed by atoms with Crippen molar-refractivity contribution in [2.45, 2.75) is 19.3 Å². The second-order valence-electron chi connectivity index (χ2n) is 5.04. The van der Waals surface area contributed by atoms with Crippen LogP contribution >= 0.6 is 0 Å². The van der Waals surface area contributed by atoms with E-state index in [1.54, 1.807) is 24.3 Å². The number of nitrogens with one attached hydrogen (secondary N) is 1. The van der Waals surface area contributed by atoms with Crippen LogP contribution in [-0.2, 0) is 9.53 Å². The molecule has 1 aliphatic rings. The first-order chi connectivity index (χ1) is 9.74. The molecule has 1 fully saturated rings. The summed E-state index contributed by atoms with van der Waals surface area (Å²) in [7, 11) is 0. The van der Waals surface area contributed by atoms with Crippen LogP contribution in [0.4, 0.5) is 5.69 Å². The molecule has 0 aromatic heterocycles. The highest BCUT2D eigenvalue weighted by Gasteiger charge is 2.20. The molecule has 0 saturated heterocycles. The first-order valence-electron chi connectivity index (χ1n) is 7.07. The van der Waals surface area contributed by atoms with Crippen LogP contribution in [0, 0.1) is 5.92 Å². The molecular weight excluding hydrogens is 256 g/mol.